The molecule has 29 heavy (non-hydrogen) atoms. The van der Waals surface area contributed by atoms with E-state index in [-0.39, 0.29) is 24.4 Å². The number of carbonyl (C=O) groups is 3. The predicted molar refractivity (Wildman–Crippen MR) is 111 cm³/mol. The first kappa shape index (κ1) is 20.9. The zero-order chi connectivity index (χ0) is 21.5. The fourth-order valence-electron chi connectivity index (χ4n) is 3.88. The number of amides is 4. The van der Waals surface area contributed by atoms with E-state index in [4.69, 9.17) is 0 Å². The third-order valence-electron chi connectivity index (χ3n) is 5.66. The second kappa shape index (κ2) is 7.89. The molecule has 1 aromatic rings. The van der Waals surface area contributed by atoms with Crippen LogP contribution in [0.3, 0.4) is 0 Å². The van der Waals surface area contributed by atoms with E-state index in [0.29, 0.717) is 23.7 Å². The van der Waals surface area contributed by atoms with Gasteiger partial charge in [0.25, 0.3) is 5.91 Å². The van der Waals surface area contributed by atoms with E-state index in [1.165, 1.54) is 4.90 Å². The van der Waals surface area contributed by atoms with Crippen LogP contribution in [0, 0.1) is 19.8 Å². The number of nitrogens with zero attached hydrogens (tertiary/aromatic N) is 2. The van der Waals surface area contributed by atoms with Gasteiger partial charge in [-0.2, -0.15) is 0 Å². The van der Waals surface area contributed by atoms with Crippen molar-refractivity contribution in [1.29, 1.82) is 0 Å². The van der Waals surface area contributed by atoms with Gasteiger partial charge in [0.1, 0.15) is 6.04 Å². The van der Waals surface area contributed by atoms with E-state index >= 15 is 0 Å². The van der Waals surface area contributed by atoms with Crippen molar-refractivity contribution >= 4 is 17.8 Å². The van der Waals surface area contributed by atoms with Crippen molar-refractivity contribution in [3.63, 3.8) is 0 Å². The lowest BCUT2D eigenvalue weighted by atomic mass is 9.91. The lowest BCUT2D eigenvalue weighted by Crippen LogP contribution is -2.47. The van der Waals surface area contributed by atoms with Crippen LogP contribution in [0.5, 0.6) is 0 Å². The van der Waals surface area contributed by atoms with Gasteiger partial charge in [0.15, 0.2) is 0 Å². The molecule has 0 unspecified atom stereocenters. The summed E-state index contributed by atoms with van der Waals surface area (Å²) in [7, 11) is 1.66. The van der Waals surface area contributed by atoms with Gasteiger partial charge in [-0.1, -0.05) is 37.6 Å². The summed E-state index contributed by atoms with van der Waals surface area (Å²) in [5.74, 6) is -0.0606. The van der Waals surface area contributed by atoms with E-state index in [0.717, 1.165) is 16.7 Å². The van der Waals surface area contributed by atoms with E-state index in [9.17, 15) is 14.4 Å². The van der Waals surface area contributed by atoms with Gasteiger partial charge in [-0.05, 0) is 37.8 Å². The highest BCUT2D eigenvalue weighted by atomic mass is 16.2. The summed E-state index contributed by atoms with van der Waals surface area (Å²) in [5, 5.41) is 5.85. The van der Waals surface area contributed by atoms with Crippen LogP contribution in [0.15, 0.2) is 29.5 Å². The summed E-state index contributed by atoms with van der Waals surface area (Å²) in [4.78, 5) is 41.5. The van der Waals surface area contributed by atoms with Crippen LogP contribution in [0.2, 0.25) is 0 Å². The molecule has 2 atom stereocenters. The summed E-state index contributed by atoms with van der Waals surface area (Å²) in [6.07, 6.45) is 0. The number of rotatable bonds is 5. The van der Waals surface area contributed by atoms with Crippen molar-refractivity contribution in [2.45, 2.75) is 46.7 Å². The Bertz CT molecular complexity index is 890. The van der Waals surface area contributed by atoms with Crippen LogP contribution in [-0.2, 0) is 9.59 Å². The normalized spacial score (nSPS) is 20.2. The highest BCUT2D eigenvalue weighted by molar-refractivity contribution is 6.03. The van der Waals surface area contributed by atoms with Crippen LogP contribution in [-0.4, -0.2) is 53.8 Å². The molecule has 3 rings (SSSR count). The highest BCUT2D eigenvalue weighted by Crippen LogP contribution is 2.37. The first-order valence-corrected chi connectivity index (χ1v) is 10.0. The Hall–Kier alpha value is -2.83. The summed E-state index contributed by atoms with van der Waals surface area (Å²) < 4.78 is 0. The number of aryl methyl sites for hydroxylation is 2. The van der Waals surface area contributed by atoms with E-state index in [1.54, 1.807) is 18.9 Å². The third-order valence-corrected chi connectivity index (χ3v) is 5.66. The molecule has 2 aliphatic heterocycles. The zero-order valence-corrected chi connectivity index (χ0v) is 18.0. The number of carbonyl (C=O) groups excluding carboxylic acids is 3. The average molecular weight is 399 g/mol. The van der Waals surface area contributed by atoms with Gasteiger partial charge in [-0.15, -0.1) is 0 Å². The molecule has 0 bridgehead atoms. The molecule has 4 amide bonds. The maximum Gasteiger partial charge on any atom is 0.322 e. The molecule has 7 heteroatoms. The molecule has 2 N–H and O–H groups in total. The van der Waals surface area contributed by atoms with E-state index < -0.39 is 12.1 Å². The van der Waals surface area contributed by atoms with Crippen molar-refractivity contribution in [3.05, 3.63) is 46.2 Å². The Kier molecular flexibility index (Phi) is 5.68. The van der Waals surface area contributed by atoms with Crippen LogP contribution < -0.4 is 10.6 Å². The van der Waals surface area contributed by atoms with Crippen LogP contribution in [0.25, 0.3) is 0 Å². The molecule has 0 saturated carbocycles. The lowest BCUT2D eigenvalue weighted by Gasteiger charge is -2.31. The van der Waals surface area contributed by atoms with Gasteiger partial charge in [0.2, 0.25) is 5.91 Å². The smallest absolute Gasteiger partial charge is 0.322 e. The minimum Gasteiger partial charge on any atom is -0.354 e. The lowest BCUT2D eigenvalue weighted by molar-refractivity contribution is -0.135. The van der Waals surface area contributed by atoms with Crippen LogP contribution in [0.1, 0.15) is 43.5 Å². The Labute approximate surface area is 172 Å². The minimum absolute atomic E-state index is 0.183. The van der Waals surface area contributed by atoms with Gasteiger partial charge in [0, 0.05) is 13.6 Å². The van der Waals surface area contributed by atoms with Crippen molar-refractivity contribution in [2.75, 3.05) is 20.1 Å². The van der Waals surface area contributed by atoms with Crippen molar-refractivity contribution in [2.24, 2.45) is 5.92 Å². The van der Waals surface area contributed by atoms with Gasteiger partial charge in [-0.3, -0.25) is 14.5 Å². The summed E-state index contributed by atoms with van der Waals surface area (Å²) in [5.41, 5.74) is 4.24. The van der Waals surface area contributed by atoms with Crippen LogP contribution in [0.4, 0.5) is 4.79 Å². The van der Waals surface area contributed by atoms with Crippen molar-refractivity contribution in [1.82, 2.24) is 20.4 Å². The molecule has 0 radical (unpaired) electrons. The molecule has 1 aromatic carbocycles. The van der Waals surface area contributed by atoms with Gasteiger partial charge in [0.05, 0.1) is 23.9 Å². The number of nitrogens with one attached hydrogen (secondary N) is 2. The van der Waals surface area contributed by atoms with Gasteiger partial charge < -0.3 is 15.5 Å². The third kappa shape index (κ3) is 3.86. The molecule has 7 nitrogen and oxygen atoms in total. The number of urea groups is 1. The summed E-state index contributed by atoms with van der Waals surface area (Å²) >= 11 is 0. The zero-order valence-electron chi connectivity index (χ0n) is 18.0. The highest BCUT2D eigenvalue weighted by Gasteiger charge is 2.45. The molecular weight excluding hydrogens is 368 g/mol. The largest absolute Gasteiger partial charge is 0.354 e. The average Bonchev–Trinajstić information content (AvgIpc) is 3.00. The molecule has 0 spiro atoms. The summed E-state index contributed by atoms with van der Waals surface area (Å²) in [6, 6.07) is 4.60. The predicted octanol–water partition coefficient (Wildman–Crippen LogP) is 2.26. The molecule has 0 aromatic heterocycles. The van der Waals surface area contributed by atoms with E-state index in [1.807, 2.05) is 45.9 Å². The molecular formula is C22H30N4O3. The molecule has 2 aliphatic rings. The van der Waals surface area contributed by atoms with Crippen molar-refractivity contribution in [3.8, 4) is 0 Å². The van der Waals surface area contributed by atoms with Gasteiger partial charge >= 0.3 is 6.03 Å². The number of hydrogen-bond acceptors (Lipinski definition) is 3. The number of likely N-dealkylation sites (N-methyl/N-ethyl adjacent to an activating group) is 1. The molecule has 0 fully saturated rings. The molecule has 156 valence electrons. The van der Waals surface area contributed by atoms with E-state index in [2.05, 4.69) is 10.6 Å². The standard InChI is InChI=1S/C22H30N4O3/c1-12(2)10-23-20(27)15(5)26-11-17-18(21(26)28)19(24-22(29)25(17)6)16-8-7-13(3)9-14(16)4/h7-9,12,15,19H,10-11H2,1-6H3,(H,23,27)(H,24,29)/t15-,19-/m1/s1. The second-order valence-electron chi connectivity index (χ2n) is 8.41. The monoisotopic (exact) mass is 398 g/mol. The minimum atomic E-state index is -0.616. The Balaban J connectivity index is 1.92. The number of hydrogen-bond donors (Lipinski definition) is 2. The summed E-state index contributed by atoms with van der Waals surface area (Å²) in [6.45, 7) is 10.6. The van der Waals surface area contributed by atoms with Gasteiger partial charge in [-0.25, -0.2) is 4.79 Å². The molecule has 0 aliphatic carbocycles. The Morgan fingerprint density at radius 1 is 1.24 bits per heavy atom. The Morgan fingerprint density at radius 2 is 1.93 bits per heavy atom. The fourth-order valence-corrected chi connectivity index (χ4v) is 3.88. The second-order valence-corrected chi connectivity index (χ2v) is 8.41. The maximum absolute atomic E-state index is 13.3. The topological polar surface area (TPSA) is 81.8 Å². The molecule has 2 heterocycles. The first-order valence-electron chi connectivity index (χ1n) is 10.0. The first-order chi connectivity index (χ1) is 13.6. The Morgan fingerprint density at radius 3 is 2.55 bits per heavy atom. The molecule has 0 saturated heterocycles. The van der Waals surface area contributed by atoms with Crippen LogP contribution >= 0.6 is 0 Å². The quantitative estimate of drug-likeness (QED) is 0.798. The number of benzene rings is 1. The fraction of sp³-hybridized carbons (Fsp3) is 0.500. The maximum atomic E-state index is 13.3. The SMILES string of the molecule is Cc1ccc([C@H]2NC(=O)N(C)C3=C2C(=O)N([C@H](C)C(=O)NCC(C)C)C3)c(C)c1. The van der Waals surface area contributed by atoms with Crippen molar-refractivity contribution < 1.29 is 14.4 Å².